The van der Waals surface area contributed by atoms with Crippen LogP contribution in [0.15, 0.2) is 76.1 Å². The zero-order valence-electron chi connectivity index (χ0n) is 22.5. The number of hydrogen-bond donors (Lipinski definition) is 1. The van der Waals surface area contributed by atoms with Crippen LogP contribution in [0.2, 0.25) is 0 Å². The third-order valence-electron chi connectivity index (χ3n) is 6.20. The number of halogens is 1. The quantitative estimate of drug-likeness (QED) is 0.347. The highest BCUT2D eigenvalue weighted by Gasteiger charge is 2.32. The monoisotopic (exact) mass is 617 g/mol. The molecule has 208 valence electrons. The van der Waals surface area contributed by atoms with Crippen LogP contribution < -0.4 is 19.1 Å². The fourth-order valence-corrected chi connectivity index (χ4v) is 5.82. The number of sulfonamides is 1. The molecule has 9 nitrogen and oxygen atoms in total. The maximum atomic E-state index is 13.9. The van der Waals surface area contributed by atoms with Crippen LogP contribution in [0, 0.1) is 6.92 Å². The first-order valence-corrected chi connectivity index (χ1v) is 14.3. The van der Waals surface area contributed by atoms with Gasteiger partial charge in [0.25, 0.3) is 10.0 Å². The van der Waals surface area contributed by atoms with E-state index in [1.165, 1.54) is 44.4 Å². The number of likely N-dealkylation sites (N-methyl/N-ethyl adjacent to an activating group) is 1. The highest BCUT2D eigenvalue weighted by atomic mass is 79.9. The largest absolute Gasteiger partial charge is 0.493 e. The number of methoxy groups -OCH3 is 2. The van der Waals surface area contributed by atoms with E-state index >= 15 is 0 Å². The van der Waals surface area contributed by atoms with Gasteiger partial charge in [-0.15, -0.1) is 0 Å². The van der Waals surface area contributed by atoms with Gasteiger partial charge in [0.05, 0.1) is 24.8 Å². The summed E-state index contributed by atoms with van der Waals surface area (Å²) in [6, 6.07) is 17.5. The number of aryl methyl sites for hydroxylation is 1. The van der Waals surface area contributed by atoms with E-state index in [4.69, 9.17) is 9.47 Å². The van der Waals surface area contributed by atoms with Crippen LogP contribution >= 0.6 is 15.9 Å². The lowest BCUT2D eigenvalue weighted by molar-refractivity contribution is -0.139. The summed E-state index contributed by atoms with van der Waals surface area (Å²) in [5.74, 6) is -0.227. The van der Waals surface area contributed by atoms with Gasteiger partial charge in [-0.25, -0.2) is 8.42 Å². The van der Waals surface area contributed by atoms with E-state index in [-0.39, 0.29) is 23.0 Å². The number of anilines is 1. The van der Waals surface area contributed by atoms with E-state index in [2.05, 4.69) is 21.2 Å². The molecule has 0 spiro atoms. The number of carbonyl (C=O) groups excluding carboxylic acids is 2. The van der Waals surface area contributed by atoms with Crippen molar-refractivity contribution in [1.82, 2.24) is 10.2 Å². The Hall–Kier alpha value is -3.57. The number of benzene rings is 3. The molecule has 1 N–H and O–H groups in total. The van der Waals surface area contributed by atoms with Gasteiger partial charge in [0.1, 0.15) is 12.6 Å². The molecule has 2 amide bonds. The molecule has 0 fully saturated rings. The topological polar surface area (TPSA) is 105 Å². The smallest absolute Gasteiger partial charge is 0.264 e. The first kappa shape index (κ1) is 30.0. The van der Waals surface area contributed by atoms with Crippen molar-refractivity contribution < 1.29 is 27.5 Å². The summed E-state index contributed by atoms with van der Waals surface area (Å²) in [6.45, 7) is 2.99. The Morgan fingerprint density at radius 3 is 2.23 bits per heavy atom. The minimum absolute atomic E-state index is 0.0218. The highest BCUT2D eigenvalue weighted by molar-refractivity contribution is 9.10. The maximum absolute atomic E-state index is 13.9. The third kappa shape index (κ3) is 7.10. The molecular formula is C28H32BrN3O6S. The molecule has 3 rings (SSSR count). The summed E-state index contributed by atoms with van der Waals surface area (Å²) in [5, 5.41) is 2.57. The van der Waals surface area contributed by atoms with E-state index in [0.717, 1.165) is 19.9 Å². The Labute approximate surface area is 237 Å². The van der Waals surface area contributed by atoms with Crippen molar-refractivity contribution in [3.63, 3.8) is 0 Å². The summed E-state index contributed by atoms with van der Waals surface area (Å²) >= 11 is 3.43. The summed E-state index contributed by atoms with van der Waals surface area (Å²) in [7, 11) is 0.206. The lowest BCUT2D eigenvalue weighted by atomic mass is 10.1. The van der Waals surface area contributed by atoms with Gasteiger partial charge in [-0.05, 0) is 55.8 Å². The standard InChI is InChI=1S/C28H32BrN3O6S/c1-19-9-12-24(13-10-19)39(35,36)32(23-11-14-25(37-4)26(16-23)38-5)18-27(33)31(20(2)28(34)30-3)17-21-7-6-8-22(29)15-21/h6-16,20H,17-18H2,1-5H3,(H,30,34). The molecule has 0 bridgehead atoms. The van der Waals surface area contributed by atoms with Gasteiger partial charge in [0.2, 0.25) is 11.8 Å². The van der Waals surface area contributed by atoms with Crippen molar-refractivity contribution in [3.05, 3.63) is 82.3 Å². The Morgan fingerprint density at radius 1 is 0.974 bits per heavy atom. The van der Waals surface area contributed by atoms with Gasteiger partial charge in [-0.3, -0.25) is 13.9 Å². The summed E-state index contributed by atoms with van der Waals surface area (Å²) < 4.78 is 40.4. The van der Waals surface area contributed by atoms with Crippen molar-refractivity contribution in [1.29, 1.82) is 0 Å². The molecule has 0 aliphatic heterocycles. The number of hydrogen-bond acceptors (Lipinski definition) is 6. The average Bonchev–Trinajstić information content (AvgIpc) is 2.93. The van der Waals surface area contributed by atoms with Gasteiger partial charge in [0, 0.05) is 24.1 Å². The summed E-state index contributed by atoms with van der Waals surface area (Å²) in [4.78, 5) is 27.8. The first-order valence-electron chi connectivity index (χ1n) is 12.1. The predicted molar refractivity (Wildman–Crippen MR) is 153 cm³/mol. The normalized spacial score (nSPS) is 11.8. The molecule has 0 aromatic heterocycles. The number of amides is 2. The van der Waals surface area contributed by atoms with Gasteiger partial charge in [-0.2, -0.15) is 0 Å². The molecule has 3 aromatic carbocycles. The molecule has 3 aromatic rings. The van der Waals surface area contributed by atoms with Crippen molar-refractivity contribution in [2.24, 2.45) is 0 Å². The second-order valence-electron chi connectivity index (χ2n) is 8.81. The Morgan fingerprint density at radius 2 is 1.64 bits per heavy atom. The number of nitrogens with one attached hydrogen (secondary N) is 1. The van der Waals surface area contributed by atoms with E-state index in [1.807, 2.05) is 31.2 Å². The SMILES string of the molecule is CNC(=O)C(C)N(Cc1cccc(Br)c1)C(=O)CN(c1ccc(OC)c(OC)c1)S(=O)(=O)c1ccc(C)cc1. The molecule has 39 heavy (non-hydrogen) atoms. The zero-order valence-corrected chi connectivity index (χ0v) is 24.9. The van der Waals surface area contributed by atoms with E-state index in [0.29, 0.717) is 11.5 Å². The van der Waals surface area contributed by atoms with Crippen LogP contribution in [0.25, 0.3) is 0 Å². The lowest BCUT2D eigenvalue weighted by Crippen LogP contribution is -2.50. The summed E-state index contributed by atoms with van der Waals surface area (Å²) in [6.07, 6.45) is 0. The molecule has 0 aliphatic rings. The second kappa shape index (κ2) is 13.0. The van der Waals surface area contributed by atoms with Crippen LogP contribution in [0.3, 0.4) is 0 Å². The number of nitrogens with zero attached hydrogens (tertiary/aromatic N) is 2. The fourth-order valence-electron chi connectivity index (χ4n) is 3.97. The Bertz CT molecular complexity index is 1430. The van der Waals surface area contributed by atoms with E-state index in [1.54, 1.807) is 31.2 Å². The van der Waals surface area contributed by atoms with Crippen LogP contribution in [-0.2, 0) is 26.2 Å². The minimum Gasteiger partial charge on any atom is -0.493 e. The Kier molecular flexibility index (Phi) is 9.98. The first-order chi connectivity index (χ1) is 18.5. The number of carbonyl (C=O) groups is 2. The van der Waals surface area contributed by atoms with Crippen LogP contribution in [0.4, 0.5) is 5.69 Å². The van der Waals surface area contributed by atoms with Crippen LogP contribution in [-0.4, -0.2) is 59.0 Å². The zero-order chi connectivity index (χ0) is 28.7. The average molecular weight is 619 g/mol. The van der Waals surface area contributed by atoms with Gasteiger partial charge >= 0.3 is 0 Å². The van der Waals surface area contributed by atoms with Crippen molar-refractivity contribution in [2.75, 3.05) is 32.1 Å². The molecule has 1 unspecified atom stereocenters. The molecule has 0 aliphatic carbocycles. The number of rotatable bonds is 11. The van der Waals surface area contributed by atoms with Gasteiger partial charge in [-0.1, -0.05) is 45.8 Å². The molecule has 0 saturated carbocycles. The fraction of sp³-hybridized carbons (Fsp3) is 0.286. The molecule has 11 heteroatoms. The molecule has 1 atom stereocenters. The molecule has 0 heterocycles. The van der Waals surface area contributed by atoms with Crippen LogP contribution in [0.1, 0.15) is 18.1 Å². The van der Waals surface area contributed by atoms with Crippen molar-refractivity contribution >= 4 is 43.5 Å². The van der Waals surface area contributed by atoms with Crippen molar-refractivity contribution in [3.8, 4) is 11.5 Å². The predicted octanol–water partition coefficient (Wildman–Crippen LogP) is 4.13. The lowest BCUT2D eigenvalue weighted by Gasteiger charge is -2.32. The van der Waals surface area contributed by atoms with Crippen LogP contribution in [0.5, 0.6) is 11.5 Å². The van der Waals surface area contributed by atoms with Gasteiger partial charge < -0.3 is 19.7 Å². The molecule has 0 radical (unpaired) electrons. The summed E-state index contributed by atoms with van der Waals surface area (Å²) in [5.41, 5.74) is 1.87. The highest BCUT2D eigenvalue weighted by Crippen LogP contribution is 2.34. The van der Waals surface area contributed by atoms with Crippen molar-refractivity contribution in [2.45, 2.75) is 31.3 Å². The Balaban J connectivity index is 2.09. The van der Waals surface area contributed by atoms with E-state index < -0.39 is 28.5 Å². The van der Waals surface area contributed by atoms with Gasteiger partial charge in [0.15, 0.2) is 11.5 Å². The third-order valence-corrected chi connectivity index (χ3v) is 8.48. The number of ether oxygens (including phenoxy) is 2. The minimum atomic E-state index is -4.19. The van der Waals surface area contributed by atoms with E-state index in [9.17, 15) is 18.0 Å². The molecule has 0 saturated heterocycles. The second-order valence-corrected chi connectivity index (χ2v) is 11.6. The maximum Gasteiger partial charge on any atom is 0.264 e. The molecular weight excluding hydrogens is 586 g/mol.